The lowest BCUT2D eigenvalue weighted by Crippen LogP contribution is -2.09. The number of benzene rings is 1. The minimum absolute atomic E-state index is 0.224. The van der Waals surface area contributed by atoms with Gasteiger partial charge in [0.2, 0.25) is 0 Å². The lowest BCUT2D eigenvalue weighted by atomic mass is 10.2. The fraction of sp³-hybridized carbons (Fsp3) is 0.357. The fourth-order valence-electron chi connectivity index (χ4n) is 1.93. The zero-order valence-corrected chi connectivity index (χ0v) is 11.1. The minimum atomic E-state index is -0.390. The van der Waals surface area contributed by atoms with Crippen molar-refractivity contribution in [1.29, 1.82) is 0 Å². The van der Waals surface area contributed by atoms with Crippen LogP contribution in [0.1, 0.15) is 31.1 Å². The van der Waals surface area contributed by atoms with E-state index < -0.39 is 5.82 Å². The quantitative estimate of drug-likeness (QED) is 0.902. The molecule has 2 rings (SSSR count). The second-order valence-electron chi connectivity index (χ2n) is 4.61. The second kappa shape index (κ2) is 5.84. The summed E-state index contributed by atoms with van der Waals surface area (Å²) in [5.41, 5.74) is 7.15. The molecule has 0 unspecified atom stereocenters. The molecule has 0 fully saturated rings. The van der Waals surface area contributed by atoms with E-state index in [0.29, 0.717) is 5.56 Å². The monoisotopic (exact) mass is 263 g/mol. The number of halogens is 1. The first-order valence-electron chi connectivity index (χ1n) is 6.24. The van der Waals surface area contributed by atoms with Gasteiger partial charge in [0.15, 0.2) is 11.6 Å². The number of para-hydroxylation sites is 1. The Balaban J connectivity index is 2.17. The van der Waals surface area contributed by atoms with Crippen molar-refractivity contribution in [2.24, 2.45) is 5.73 Å². The van der Waals surface area contributed by atoms with Gasteiger partial charge in [-0.05, 0) is 19.9 Å². The highest BCUT2D eigenvalue weighted by atomic mass is 19.1. The third-order valence-corrected chi connectivity index (χ3v) is 2.94. The Morgan fingerprint density at radius 3 is 2.89 bits per heavy atom. The molecule has 0 spiro atoms. The van der Waals surface area contributed by atoms with E-state index in [4.69, 9.17) is 10.5 Å². The molecule has 1 aromatic heterocycles. The third-order valence-electron chi connectivity index (χ3n) is 2.94. The molecular formula is C14H18FN3O. The number of nitrogens with two attached hydrogens (primary N) is 1. The van der Waals surface area contributed by atoms with E-state index in [9.17, 15) is 4.39 Å². The van der Waals surface area contributed by atoms with Crippen LogP contribution in [0.2, 0.25) is 0 Å². The smallest absolute Gasteiger partial charge is 0.165 e. The summed E-state index contributed by atoms with van der Waals surface area (Å²) < 4.78 is 21.3. The molecular weight excluding hydrogens is 245 g/mol. The van der Waals surface area contributed by atoms with E-state index in [2.05, 4.69) is 18.8 Å². The Morgan fingerprint density at radius 1 is 1.42 bits per heavy atom. The Labute approximate surface area is 112 Å². The van der Waals surface area contributed by atoms with Gasteiger partial charge in [0.05, 0.1) is 18.2 Å². The SMILES string of the molecule is CC(C)n1cncc1COc1c(F)cccc1CN. The number of aromatic nitrogens is 2. The van der Waals surface area contributed by atoms with Crippen molar-refractivity contribution in [2.75, 3.05) is 0 Å². The highest BCUT2D eigenvalue weighted by molar-refractivity contribution is 5.34. The van der Waals surface area contributed by atoms with Crippen LogP contribution in [0.15, 0.2) is 30.7 Å². The summed E-state index contributed by atoms with van der Waals surface area (Å²) in [5, 5.41) is 0. The van der Waals surface area contributed by atoms with Crippen molar-refractivity contribution in [1.82, 2.24) is 9.55 Å². The van der Waals surface area contributed by atoms with Gasteiger partial charge in [-0.15, -0.1) is 0 Å². The summed E-state index contributed by atoms with van der Waals surface area (Å²) in [6, 6.07) is 5.05. The van der Waals surface area contributed by atoms with E-state index in [1.54, 1.807) is 24.7 Å². The zero-order valence-electron chi connectivity index (χ0n) is 11.1. The highest BCUT2D eigenvalue weighted by Crippen LogP contribution is 2.23. The van der Waals surface area contributed by atoms with Gasteiger partial charge in [-0.25, -0.2) is 9.37 Å². The van der Waals surface area contributed by atoms with E-state index in [0.717, 1.165) is 5.69 Å². The summed E-state index contributed by atoms with van der Waals surface area (Å²) in [7, 11) is 0. The van der Waals surface area contributed by atoms with Gasteiger partial charge < -0.3 is 15.0 Å². The van der Waals surface area contributed by atoms with Crippen LogP contribution in [0, 0.1) is 5.82 Å². The standard InChI is InChI=1S/C14H18FN3O/c1-10(2)18-9-17-7-12(18)8-19-14-11(6-16)4-3-5-13(14)15/h3-5,7,9-10H,6,8,16H2,1-2H3. The largest absolute Gasteiger partial charge is 0.484 e. The van der Waals surface area contributed by atoms with E-state index >= 15 is 0 Å². The minimum Gasteiger partial charge on any atom is -0.484 e. The van der Waals surface area contributed by atoms with Gasteiger partial charge in [-0.3, -0.25) is 0 Å². The number of nitrogens with zero attached hydrogens (tertiary/aromatic N) is 2. The van der Waals surface area contributed by atoms with Crippen LogP contribution in [0.25, 0.3) is 0 Å². The number of imidazole rings is 1. The van der Waals surface area contributed by atoms with Crippen molar-refractivity contribution in [3.8, 4) is 5.75 Å². The topological polar surface area (TPSA) is 53.1 Å². The van der Waals surface area contributed by atoms with Crippen LogP contribution in [0.5, 0.6) is 5.75 Å². The molecule has 5 heteroatoms. The second-order valence-corrected chi connectivity index (χ2v) is 4.61. The molecule has 0 aliphatic heterocycles. The van der Waals surface area contributed by atoms with Gasteiger partial charge >= 0.3 is 0 Å². The number of hydrogen-bond acceptors (Lipinski definition) is 3. The van der Waals surface area contributed by atoms with Gasteiger partial charge in [0, 0.05) is 18.2 Å². The molecule has 0 aliphatic carbocycles. The van der Waals surface area contributed by atoms with Gasteiger partial charge in [-0.2, -0.15) is 0 Å². The Kier molecular flexibility index (Phi) is 4.16. The molecule has 0 saturated heterocycles. The Bertz CT molecular complexity index is 551. The predicted octanol–water partition coefficient (Wildman–Crippen LogP) is 2.64. The average Bonchev–Trinajstić information content (AvgIpc) is 2.85. The molecule has 2 aromatic rings. The molecule has 102 valence electrons. The van der Waals surface area contributed by atoms with Crippen LogP contribution in [-0.4, -0.2) is 9.55 Å². The van der Waals surface area contributed by atoms with Crippen molar-refractivity contribution >= 4 is 0 Å². The van der Waals surface area contributed by atoms with Crippen molar-refractivity contribution in [3.05, 3.63) is 47.8 Å². The average molecular weight is 263 g/mol. The predicted molar refractivity (Wildman–Crippen MR) is 71.2 cm³/mol. The van der Waals surface area contributed by atoms with Crippen molar-refractivity contribution in [2.45, 2.75) is 33.0 Å². The summed E-state index contributed by atoms with van der Waals surface area (Å²) in [6.07, 6.45) is 3.47. The van der Waals surface area contributed by atoms with Gasteiger partial charge in [0.25, 0.3) is 0 Å². The molecule has 0 bridgehead atoms. The molecule has 0 atom stereocenters. The first kappa shape index (κ1) is 13.5. The number of rotatable bonds is 5. The lowest BCUT2D eigenvalue weighted by molar-refractivity contribution is 0.275. The first-order valence-corrected chi connectivity index (χ1v) is 6.24. The van der Waals surface area contributed by atoms with Crippen molar-refractivity contribution < 1.29 is 9.13 Å². The van der Waals surface area contributed by atoms with Crippen LogP contribution in [-0.2, 0) is 13.2 Å². The maximum atomic E-state index is 13.7. The lowest BCUT2D eigenvalue weighted by Gasteiger charge is -2.14. The Hall–Kier alpha value is -1.88. The summed E-state index contributed by atoms with van der Waals surface area (Å²) in [4.78, 5) is 4.09. The first-order chi connectivity index (χ1) is 9.13. The molecule has 4 nitrogen and oxygen atoms in total. The third kappa shape index (κ3) is 2.93. The number of hydrogen-bond donors (Lipinski definition) is 1. The normalized spacial score (nSPS) is 11.0. The molecule has 19 heavy (non-hydrogen) atoms. The molecule has 0 radical (unpaired) electrons. The van der Waals surface area contributed by atoms with Gasteiger partial charge in [0.1, 0.15) is 6.61 Å². The van der Waals surface area contributed by atoms with E-state index in [-0.39, 0.29) is 24.9 Å². The highest BCUT2D eigenvalue weighted by Gasteiger charge is 2.11. The van der Waals surface area contributed by atoms with E-state index in [1.807, 2.05) is 4.57 Å². The fourth-order valence-corrected chi connectivity index (χ4v) is 1.93. The maximum absolute atomic E-state index is 13.7. The van der Waals surface area contributed by atoms with Crippen LogP contribution in [0.4, 0.5) is 4.39 Å². The molecule has 0 amide bonds. The summed E-state index contributed by atoms with van der Waals surface area (Å²) in [6.45, 7) is 4.63. The Morgan fingerprint density at radius 2 is 2.21 bits per heavy atom. The molecule has 0 aliphatic rings. The van der Waals surface area contributed by atoms with Crippen LogP contribution >= 0.6 is 0 Å². The molecule has 2 N–H and O–H groups in total. The van der Waals surface area contributed by atoms with E-state index in [1.165, 1.54) is 6.07 Å². The summed E-state index contributed by atoms with van der Waals surface area (Å²) >= 11 is 0. The molecule has 1 heterocycles. The number of ether oxygens (including phenoxy) is 1. The van der Waals surface area contributed by atoms with Gasteiger partial charge in [-0.1, -0.05) is 12.1 Å². The van der Waals surface area contributed by atoms with Crippen LogP contribution < -0.4 is 10.5 Å². The van der Waals surface area contributed by atoms with Crippen LogP contribution in [0.3, 0.4) is 0 Å². The zero-order chi connectivity index (χ0) is 13.8. The molecule has 1 aromatic carbocycles. The molecule has 0 saturated carbocycles. The summed E-state index contributed by atoms with van der Waals surface area (Å²) in [5.74, 6) is -0.167. The maximum Gasteiger partial charge on any atom is 0.165 e. The van der Waals surface area contributed by atoms with Crippen molar-refractivity contribution in [3.63, 3.8) is 0 Å².